The molecule has 1 aliphatic heterocycles. The van der Waals surface area contributed by atoms with Crippen molar-refractivity contribution in [1.82, 2.24) is 0 Å². The number of rotatable bonds is 7. The topological polar surface area (TPSA) is 69.5 Å². The Hall–Kier alpha value is -5.71. The Labute approximate surface area is 345 Å². The van der Waals surface area contributed by atoms with Gasteiger partial charge in [-0.2, -0.15) is 0 Å². The largest absolute Gasteiger partial charge is 0.431 e. The van der Waals surface area contributed by atoms with Crippen LogP contribution in [0.4, 0.5) is 11.4 Å². The molecule has 0 N–H and O–H groups in total. The van der Waals surface area contributed by atoms with E-state index < -0.39 is 10.6 Å². The second-order valence-corrected chi connectivity index (χ2v) is 19.5. The Balaban J connectivity index is 0.00000252. The second-order valence-electron chi connectivity index (χ2n) is 16.9. The molecule has 0 atom stereocenters. The molecule has 0 radical (unpaired) electrons. The van der Waals surface area contributed by atoms with Gasteiger partial charge in [-0.15, -0.1) is 12.8 Å². The standard InChI is InChI=1S/C49H52N2O4S.C2H2/c1-11-49(9,10)39-29-41-40(52-46(50-44-30(2)18-16-19-31(44)3)47(53-41)51-45-32(4)20-17-21-33(45)5)26-37(39)36-27-42-43(28-38(36)48(6,7)8)55-56(54-42,34-22-12-13-23-34)35-24-14-15-25-35;1-2/h12-29,34-35H,11H2,1-10H3;1-2H. The molecule has 58 heavy (non-hydrogen) atoms. The Morgan fingerprint density at radius 2 is 1.00 bits per heavy atom. The fourth-order valence-corrected chi connectivity index (χ4v) is 10.7. The Bertz CT molecular complexity index is 2620. The average Bonchev–Trinajstić information content (AvgIpc) is 4.00. The van der Waals surface area contributed by atoms with Crippen LogP contribution in [-0.2, 0) is 10.8 Å². The molecule has 7 heteroatoms. The van der Waals surface area contributed by atoms with E-state index in [9.17, 15) is 0 Å². The molecule has 4 aromatic carbocycles. The van der Waals surface area contributed by atoms with Crippen LogP contribution in [0.2, 0.25) is 0 Å². The number of benzene rings is 4. The van der Waals surface area contributed by atoms with Crippen LogP contribution in [0.25, 0.3) is 22.3 Å². The van der Waals surface area contributed by atoms with Gasteiger partial charge in [0.05, 0.1) is 11.4 Å². The first-order valence-corrected chi connectivity index (χ1v) is 21.6. The minimum Gasteiger partial charge on any atom is -0.431 e. The lowest BCUT2D eigenvalue weighted by Gasteiger charge is -2.44. The monoisotopic (exact) mass is 790 g/mol. The molecule has 2 aliphatic carbocycles. The summed E-state index contributed by atoms with van der Waals surface area (Å²) < 4.78 is 27.9. The highest BCUT2D eigenvalue weighted by Gasteiger charge is 2.45. The Morgan fingerprint density at radius 3 is 1.43 bits per heavy atom. The first kappa shape index (κ1) is 40.5. The maximum Gasteiger partial charge on any atom is 0.284 e. The van der Waals surface area contributed by atoms with E-state index in [1.54, 1.807) is 0 Å². The molecule has 8 rings (SSSR count). The lowest BCUT2D eigenvalue weighted by Crippen LogP contribution is -2.28. The number of fused-ring (bicyclic) bond motifs is 2. The summed E-state index contributed by atoms with van der Waals surface area (Å²) >= 11 is 0. The predicted molar refractivity (Wildman–Crippen MR) is 241 cm³/mol. The highest BCUT2D eigenvalue weighted by molar-refractivity contribution is 8.28. The molecule has 5 aromatic rings. The number of hydrogen-bond donors (Lipinski definition) is 0. The molecule has 298 valence electrons. The van der Waals surface area contributed by atoms with Crippen molar-refractivity contribution >= 4 is 33.1 Å². The van der Waals surface area contributed by atoms with Gasteiger partial charge in [-0.05, 0) is 114 Å². The van der Waals surface area contributed by atoms with Crippen molar-refractivity contribution in [3.63, 3.8) is 0 Å². The summed E-state index contributed by atoms with van der Waals surface area (Å²) in [5.41, 5.74) is 11.7. The van der Waals surface area contributed by atoms with Crippen LogP contribution in [0, 0.1) is 40.5 Å². The molecule has 6 nitrogen and oxygen atoms in total. The zero-order valence-electron chi connectivity index (χ0n) is 35.3. The smallest absolute Gasteiger partial charge is 0.284 e. The molecule has 0 fully saturated rings. The van der Waals surface area contributed by atoms with Crippen LogP contribution in [-0.4, -0.2) is 10.5 Å². The van der Waals surface area contributed by atoms with Crippen LogP contribution < -0.4 is 19.5 Å². The summed E-state index contributed by atoms with van der Waals surface area (Å²) in [6, 6.07) is 21.0. The van der Waals surface area contributed by atoms with Crippen LogP contribution >= 0.6 is 10.6 Å². The van der Waals surface area contributed by atoms with E-state index in [0.29, 0.717) is 22.3 Å². The molecule has 0 bridgehead atoms. The number of allylic oxidation sites excluding steroid dienone is 4. The van der Waals surface area contributed by atoms with Gasteiger partial charge in [0.2, 0.25) is 0 Å². The number of hydrogen-bond acceptors (Lipinski definition) is 6. The van der Waals surface area contributed by atoms with Crippen molar-refractivity contribution in [3.8, 4) is 35.5 Å². The SMILES string of the molecule is C#C.CCC(C)(C)c1cc2oc(=Nc3c(C)cccc3C)c(=Nc3c(C)cccc3C)oc2cc1-c1cc2c(cc1C(C)(C)C)OS(C1C=CC=C1)(C1C=CC=C1)O2. The van der Waals surface area contributed by atoms with E-state index in [2.05, 4.69) is 179 Å². The molecular formula is C51H54N2O4S. The highest BCUT2D eigenvalue weighted by Crippen LogP contribution is 2.68. The molecule has 0 amide bonds. The molecule has 1 aromatic heterocycles. The second kappa shape index (κ2) is 15.6. The Kier molecular flexibility index (Phi) is 10.9. The summed E-state index contributed by atoms with van der Waals surface area (Å²) in [4.78, 5) is 10.2. The first-order valence-electron chi connectivity index (χ1n) is 19.9. The summed E-state index contributed by atoms with van der Waals surface area (Å²) in [6.07, 6.45) is 26.1. The van der Waals surface area contributed by atoms with E-state index in [1.807, 2.05) is 12.1 Å². The molecule has 0 unspecified atom stereocenters. The fourth-order valence-electron chi connectivity index (χ4n) is 7.79. The van der Waals surface area contributed by atoms with Crippen molar-refractivity contribution < 1.29 is 17.2 Å². The summed E-state index contributed by atoms with van der Waals surface area (Å²) in [7, 11) is -2.10. The Morgan fingerprint density at radius 1 is 0.586 bits per heavy atom. The van der Waals surface area contributed by atoms with Crippen LogP contribution in [0.5, 0.6) is 11.5 Å². The molecule has 0 saturated carbocycles. The third-order valence-electron chi connectivity index (χ3n) is 11.4. The van der Waals surface area contributed by atoms with Gasteiger partial charge in [0, 0.05) is 0 Å². The van der Waals surface area contributed by atoms with E-state index in [-0.39, 0.29) is 21.3 Å². The van der Waals surface area contributed by atoms with E-state index >= 15 is 0 Å². The highest BCUT2D eigenvalue weighted by atomic mass is 32.3. The van der Waals surface area contributed by atoms with Crippen molar-refractivity contribution in [1.29, 1.82) is 0 Å². The summed E-state index contributed by atoms with van der Waals surface area (Å²) in [5.74, 6) is 1.56. The molecule has 0 spiro atoms. The normalized spacial score (nSPS) is 17.0. The quantitative estimate of drug-likeness (QED) is 0.154. The maximum absolute atomic E-state index is 7.12. The summed E-state index contributed by atoms with van der Waals surface area (Å²) in [5, 5.41) is 0.0678. The number of aryl methyl sites for hydroxylation is 4. The minimum atomic E-state index is -2.10. The van der Waals surface area contributed by atoms with Gasteiger partial charge in [-0.3, -0.25) is 0 Å². The number of para-hydroxylation sites is 2. The molecular weight excluding hydrogens is 737 g/mol. The summed E-state index contributed by atoms with van der Waals surface area (Å²) in [6.45, 7) is 21.8. The van der Waals surface area contributed by atoms with Gasteiger partial charge >= 0.3 is 0 Å². The van der Waals surface area contributed by atoms with E-state index in [1.165, 1.54) is 0 Å². The van der Waals surface area contributed by atoms with Crippen molar-refractivity contribution in [2.45, 2.75) is 97.0 Å². The van der Waals surface area contributed by atoms with E-state index in [4.69, 9.17) is 27.2 Å². The van der Waals surface area contributed by atoms with Gasteiger partial charge in [-0.1, -0.05) is 137 Å². The van der Waals surface area contributed by atoms with Gasteiger partial charge < -0.3 is 17.2 Å². The zero-order valence-corrected chi connectivity index (χ0v) is 36.2. The van der Waals surface area contributed by atoms with Gasteiger partial charge in [-0.25, -0.2) is 9.98 Å². The zero-order chi connectivity index (χ0) is 41.6. The maximum atomic E-state index is 7.12. The van der Waals surface area contributed by atoms with Crippen LogP contribution in [0.15, 0.2) is 128 Å². The number of nitrogens with zero attached hydrogens (tertiary/aromatic N) is 2. The van der Waals surface area contributed by atoms with Crippen molar-refractivity contribution in [3.05, 3.63) is 154 Å². The van der Waals surface area contributed by atoms with Gasteiger partial charge in [0.25, 0.3) is 11.1 Å². The van der Waals surface area contributed by atoms with Gasteiger partial charge in [0.1, 0.15) is 10.5 Å². The third-order valence-corrected chi connectivity index (χ3v) is 14.4. The lowest BCUT2D eigenvalue weighted by molar-refractivity contribution is 0.426. The first-order chi connectivity index (χ1) is 27.7. The molecule has 0 saturated heterocycles. The van der Waals surface area contributed by atoms with Crippen molar-refractivity contribution in [2.24, 2.45) is 9.98 Å². The molecule has 3 aliphatic rings. The molecule has 2 heterocycles. The fraction of sp³-hybridized carbons (Fsp3) is 0.294. The van der Waals surface area contributed by atoms with E-state index in [0.717, 1.165) is 73.8 Å². The average molecular weight is 791 g/mol. The number of terminal acetylenes is 1. The van der Waals surface area contributed by atoms with Crippen LogP contribution in [0.3, 0.4) is 0 Å². The van der Waals surface area contributed by atoms with Crippen molar-refractivity contribution in [2.75, 3.05) is 0 Å². The third kappa shape index (κ3) is 7.31. The van der Waals surface area contributed by atoms with Crippen LogP contribution in [0.1, 0.15) is 81.3 Å². The van der Waals surface area contributed by atoms with Gasteiger partial charge in [0.15, 0.2) is 22.7 Å². The lowest BCUT2D eigenvalue weighted by atomic mass is 9.75. The minimum absolute atomic E-state index is 0.0339. The predicted octanol–water partition coefficient (Wildman–Crippen LogP) is 13.0.